The minimum atomic E-state index is -0.614. The molecule has 1 aliphatic rings. The molecule has 1 amide bonds. The van der Waals surface area contributed by atoms with Crippen LogP contribution in [0, 0.1) is 5.82 Å². The number of carbonyl (C=O) groups is 1. The van der Waals surface area contributed by atoms with E-state index in [1.54, 1.807) is 12.1 Å². The highest BCUT2D eigenvalue weighted by Crippen LogP contribution is 2.39. The van der Waals surface area contributed by atoms with E-state index in [0.29, 0.717) is 5.56 Å². The number of carbonyl (C=O) groups excluding carboxylic acids is 1. The van der Waals surface area contributed by atoms with E-state index in [1.165, 1.54) is 19.1 Å². The molecule has 0 spiro atoms. The summed E-state index contributed by atoms with van der Waals surface area (Å²) in [5, 5.41) is 2.76. The molecule has 1 fully saturated rings. The third kappa shape index (κ3) is 4.26. The molecule has 2 rings (SSSR count). The molecule has 130 valence electrons. The maximum absolute atomic E-state index is 13.6. The second kappa shape index (κ2) is 6.98. The Morgan fingerprint density at radius 2 is 1.88 bits per heavy atom. The van der Waals surface area contributed by atoms with Gasteiger partial charge in [-0.2, -0.15) is 0 Å². The minimum absolute atomic E-state index is 0.157. The smallest absolute Gasteiger partial charge is 0.400 e. The van der Waals surface area contributed by atoms with Gasteiger partial charge < -0.3 is 14.6 Å². The van der Waals surface area contributed by atoms with Crippen molar-refractivity contribution in [2.24, 2.45) is 0 Å². The van der Waals surface area contributed by atoms with E-state index in [-0.39, 0.29) is 18.3 Å². The highest BCUT2D eigenvalue weighted by Gasteiger charge is 2.52. The molecular weight excluding hydrogens is 376 g/mol. The molecule has 0 atom stereocenters. The Bertz CT molecular complexity index is 660. The topological polar surface area (TPSA) is 47.6 Å². The summed E-state index contributed by atoms with van der Waals surface area (Å²) in [4.78, 5) is 11.3. The van der Waals surface area contributed by atoms with Gasteiger partial charge in [0.15, 0.2) is 0 Å². The third-order valence-corrected chi connectivity index (χ3v) is 5.12. The minimum Gasteiger partial charge on any atom is -0.400 e. The highest BCUT2D eigenvalue weighted by atomic mass is 79.9. The molecule has 1 aliphatic heterocycles. The van der Waals surface area contributed by atoms with Crippen LogP contribution < -0.4 is 5.32 Å². The van der Waals surface area contributed by atoms with Crippen molar-refractivity contribution in [2.75, 3.05) is 6.54 Å². The van der Waals surface area contributed by atoms with Crippen LogP contribution in [0.3, 0.4) is 0 Å². The number of halogens is 2. The molecule has 0 bridgehead atoms. The Balaban J connectivity index is 2.37. The molecule has 24 heavy (non-hydrogen) atoms. The quantitative estimate of drug-likeness (QED) is 0.787. The molecule has 0 aliphatic carbocycles. The van der Waals surface area contributed by atoms with Crippen molar-refractivity contribution in [2.45, 2.75) is 45.8 Å². The number of hydrogen-bond acceptors (Lipinski definition) is 3. The zero-order valence-electron chi connectivity index (χ0n) is 14.6. The van der Waals surface area contributed by atoms with E-state index in [4.69, 9.17) is 9.31 Å². The first kappa shape index (κ1) is 19.2. The van der Waals surface area contributed by atoms with Crippen LogP contribution >= 0.6 is 15.9 Å². The lowest BCUT2D eigenvalue weighted by Crippen LogP contribution is -2.41. The third-order valence-electron chi connectivity index (χ3n) is 4.40. The van der Waals surface area contributed by atoms with Gasteiger partial charge in [-0.05, 0) is 56.9 Å². The van der Waals surface area contributed by atoms with Crippen molar-refractivity contribution >= 4 is 35.0 Å². The van der Waals surface area contributed by atoms with Crippen molar-refractivity contribution in [1.29, 1.82) is 0 Å². The monoisotopic (exact) mass is 397 g/mol. The molecule has 0 unspecified atom stereocenters. The normalized spacial score (nSPS) is 19.5. The van der Waals surface area contributed by atoms with E-state index in [9.17, 15) is 9.18 Å². The van der Waals surface area contributed by atoms with Gasteiger partial charge >= 0.3 is 7.12 Å². The summed E-state index contributed by atoms with van der Waals surface area (Å²) in [5.41, 5.74) is 0.387. The maximum Gasteiger partial charge on any atom is 0.492 e. The summed E-state index contributed by atoms with van der Waals surface area (Å²) < 4.78 is 26.4. The van der Waals surface area contributed by atoms with Crippen molar-refractivity contribution in [3.63, 3.8) is 0 Å². The first-order chi connectivity index (χ1) is 11.0. The zero-order chi connectivity index (χ0) is 18.1. The van der Waals surface area contributed by atoms with Crippen molar-refractivity contribution in [3.8, 4) is 0 Å². The number of amides is 1. The Morgan fingerprint density at radius 3 is 2.42 bits per heavy atom. The van der Waals surface area contributed by atoms with E-state index in [0.717, 1.165) is 9.95 Å². The van der Waals surface area contributed by atoms with Gasteiger partial charge in [0.2, 0.25) is 5.91 Å². The number of benzene rings is 1. The molecule has 1 N–H and O–H groups in total. The fourth-order valence-electron chi connectivity index (χ4n) is 2.25. The van der Waals surface area contributed by atoms with Crippen LogP contribution in [0.25, 0.3) is 6.08 Å². The summed E-state index contributed by atoms with van der Waals surface area (Å²) in [7, 11) is -0.614. The largest absolute Gasteiger partial charge is 0.492 e. The highest BCUT2D eigenvalue weighted by molar-refractivity contribution is 9.10. The molecule has 1 saturated heterocycles. The van der Waals surface area contributed by atoms with Crippen LogP contribution in [0.2, 0.25) is 0 Å². The van der Waals surface area contributed by atoms with Crippen molar-refractivity contribution in [1.82, 2.24) is 5.32 Å². The predicted octanol–water partition coefficient (Wildman–Crippen LogP) is 3.74. The Kier molecular flexibility index (Phi) is 5.57. The van der Waals surface area contributed by atoms with Crippen LogP contribution in [0.15, 0.2) is 28.1 Å². The fourth-order valence-corrected chi connectivity index (χ4v) is 2.61. The Hall–Kier alpha value is -1.18. The van der Waals surface area contributed by atoms with E-state index < -0.39 is 18.3 Å². The number of nitrogens with one attached hydrogen (secondary N) is 1. The Morgan fingerprint density at radius 1 is 1.29 bits per heavy atom. The molecular formula is C17H22BBrFNO3. The summed E-state index contributed by atoms with van der Waals surface area (Å²) >= 11 is 3.41. The number of hydrogen-bond donors (Lipinski definition) is 1. The average molecular weight is 398 g/mol. The van der Waals surface area contributed by atoms with Crippen molar-refractivity contribution < 1.29 is 18.5 Å². The van der Waals surface area contributed by atoms with Gasteiger partial charge in [-0.15, -0.1) is 0 Å². The lowest BCUT2D eigenvalue weighted by Gasteiger charge is -2.32. The molecule has 1 aromatic carbocycles. The average Bonchev–Trinajstić information content (AvgIpc) is 2.66. The van der Waals surface area contributed by atoms with Gasteiger partial charge in [0.05, 0.1) is 11.2 Å². The van der Waals surface area contributed by atoms with Gasteiger partial charge in [-0.3, -0.25) is 4.79 Å². The zero-order valence-corrected chi connectivity index (χ0v) is 16.2. The summed E-state index contributed by atoms with van der Waals surface area (Å²) in [6.07, 6.45) is 1.78. The van der Waals surface area contributed by atoms with Crippen molar-refractivity contribution in [3.05, 3.63) is 39.5 Å². The second-order valence-electron chi connectivity index (χ2n) is 6.88. The summed E-state index contributed by atoms with van der Waals surface area (Å²) in [5.74, 6) is -0.493. The maximum atomic E-state index is 13.6. The standard InChI is InChI=1S/C17H22BBrFNO3/c1-11(22)21-10-13(8-12-9-14(20)6-7-15(12)19)18-23-16(2,3)17(4,5)24-18/h6-9H,10H2,1-5H3,(H,21,22). The predicted molar refractivity (Wildman–Crippen MR) is 96.8 cm³/mol. The van der Waals surface area contributed by atoms with Crippen LogP contribution in [0.5, 0.6) is 0 Å². The van der Waals surface area contributed by atoms with Gasteiger partial charge in [-0.1, -0.05) is 22.0 Å². The van der Waals surface area contributed by atoms with E-state index in [2.05, 4.69) is 21.2 Å². The van der Waals surface area contributed by atoms with Gasteiger partial charge in [0, 0.05) is 17.9 Å². The van der Waals surface area contributed by atoms with Crippen LogP contribution in [-0.2, 0) is 14.1 Å². The molecule has 7 heteroatoms. The SMILES string of the molecule is CC(=O)NCC(=Cc1cc(F)ccc1Br)B1OC(C)(C)C(C)(C)O1. The van der Waals surface area contributed by atoms with E-state index >= 15 is 0 Å². The fraction of sp³-hybridized carbons (Fsp3) is 0.471. The van der Waals surface area contributed by atoms with E-state index in [1.807, 2.05) is 27.7 Å². The number of rotatable bonds is 4. The Labute approximate surface area is 151 Å². The molecule has 0 aromatic heterocycles. The van der Waals surface area contributed by atoms with Crippen LogP contribution in [-0.4, -0.2) is 30.8 Å². The first-order valence-electron chi connectivity index (χ1n) is 7.77. The lowest BCUT2D eigenvalue weighted by atomic mass is 9.77. The molecule has 0 radical (unpaired) electrons. The van der Waals surface area contributed by atoms with Crippen LogP contribution in [0.4, 0.5) is 4.39 Å². The summed E-state index contributed by atoms with van der Waals surface area (Å²) in [6, 6.07) is 4.44. The molecule has 0 saturated carbocycles. The van der Waals surface area contributed by atoms with Gasteiger partial charge in [0.25, 0.3) is 0 Å². The summed E-state index contributed by atoms with van der Waals surface area (Å²) in [6.45, 7) is 9.54. The molecule has 4 nitrogen and oxygen atoms in total. The first-order valence-corrected chi connectivity index (χ1v) is 8.57. The second-order valence-corrected chi connectivity index (χ2v) is 7.74. The lowest BCUT2D eigenvalue weighted by molar-refractivity contribution is -0.118. The van der Waals surface area contributed by atoms with Crippen LogP contribution in [0.1, 0.15) is 40.2 Å². The molecule has 1 aromatic rings. The van der Waals surface area contributed by atoms with Gasteiger partial charge in [-0.25, -0.2) is 4.39 Å². The van der Waals surface area contributed by atoms with Gasteiger partial charge in [0.1, 0.15) is 5.82 Å². The molecule has 1 heterocycles.